The van der Waals surface area contributed by atoms with Crippen molar-refractivity contribution in [3.8, 4) is 0 Å². The van der Waals surface area contributed by atoms with Crippen molar-refractivity contribution in [2.75, 3.05) is 17.2 Å². The molecule has 0 aromatic heterocycles. The molecule has 1 atom stereocenters. The maximum atomic E-state index is 11.5. The molecule has 1 unspecified atom stereocenters. The van der Waals surface area contributed by atoms with Gasteiger partial charge >= 0.3 is 0 Å². The Kier molecular flexibility index (Phi) is 3.38. The summed E-state index contributed by atoms with van der Waals surface area (Å²) in [5, 5.41) is 5.81. The number of hydrogen-bond donors (Lipinski definition) is 2. The molecule has 1 aromatic rings. The van der Waals surface area contributed by atoms with Crippen molar-refractivity contribution >= 4 is 34.8 Å². The minimum absolute atomic E-state index is 0.0196. The average Bonchev–Trinajstić information content (AvgIpc) is 2.28. The van der Waals surface area contributed by atoms with E-state index >= 15 is 0 Å². The van der Waals surface area contributed by atoms with Crippen molar-refractivity contribution in [1.82, 2.24) is 0 Å². The lowest BCUT2D eigenvalue weighted by molar-refractivity contribution is -0.116. The topological polar surface area (TPSA) is 58.2 Å². The molecule has 0 fully saturated rings. The van der Waals surface area contributed by atoms with Gasteiger partial charge in [0.15, 0.2) is 0 Å². The lowest BCUT2D eigenvalue weighted by Crippen LogP contribution is -2.26. The summed E-state index contributed by atoms with van der Waals surface area (Å²) in [5.74, 6) is 0.0981. The van der Waals surface area contributed by atoms with E-state index in [-0.39, 0.29) is 16.9 Å². The van der Waals surface area contributed by atoms with Crippen LogP contribution < -0.4 is 10.6 Å². The highest BCUT2D eigenvalue weighted by molar-refractivity contribution is 8.00. The summed E-state index contributed by atoms with van der Waals surface area (Å²) < 4.78 is 0. The van der Waals surface area contributed by atoms with Gasteiger partial charge in [0.05, 0.1) is 17.5 Å². The molecule has 4 nitrogen and oxygen atoms in total. The number of ketones is 1. The quantitative estimate of drug-likeness (QED) is 0.862. The Morgan fingerprint density at radius 1 is 1.53 bits per heavy atom. The zero-order valence-corrected chi connectivity index (χ0v) is 10.6. The number of amides is 1. The van der Waals surface area contributed by atoms with Gasteiger partial charge in [-0.15, -0.1) is 11.8 Å². The molecule has 0 saturated carbocycles. The molecule has 90 valence electrons. The molecule has 2 N–H and O–H groups in total. The van der Waals surface area contributed by atoms with Gasteiger partial charge in [-0.25, -0.2) is 0 Å². The standard InChI is InChI=1S/C12H14N2O2S/c1-7(15)6-13-9-3-4-11-10(5-9)14-12(16)8(2)17-11/h3-5,8,13H,6H2,1-2H3,(H,14,16). The van der Waals surface area contributed by atoms with Crippen molar-refractivity contribution in [3.63, 3.8) is 0 Å². The summed E-state index contributed by atoms with van der Waals surface area (Å²) >= 11 is 1.55. The summed E-state index contributed by atoms with van der Waals surface area (Å²) in [6.45, 7) is 3.71. The molecular formula is C12H14N2O2S. The number of benzene rings is 1. The number of rotatable bonds is 3. The predicted molar refractivity (Wildman–Crippen MR) is 69.6 cm³/mol. The number of carbonyl (C=O) groups excluding carboxylic acids is 2. The molecule has 1 heterocycles. The minimum Gasteiger partial charge on any atom is -0.378 e. The first-order valence-electron chi connectivity index (χ1n) is 5.41. The van der Waals surface area contributed by atoms with E-state index in [2.05, 4.69) is 10.6 Å². The van der Waals surface area contributed by atoms with Crippen LogP contribution in [0, 0.1) is 0 Å². The molecule has 1 aliphatic heterocycles. The van der Waals surface area contributed by atoms with Crippen LogP contribution in [-0.4, -0.2) is 23.5 Å². The predicted octanol–water partition coefficient (Wildman–Crippen LogP) is 2.12. The van der Waals surface area contributed by atoms with Crippen molar-refractivity contribution in [1.29, 1.82) is 0 Å². The molecule has 5 heteroatoms. The molecule has 1 aromatic carbocycles. The summed E-state index contributed by atoms with van der Waals surface area (Å²) in [5.41, 5.74) is 1.65. The van der Waals surface area contributed by atoms with Gasteiger partial charge in [-0.05, 0) is 32.0 Å². The summed E-state index contributed by atoms with van der Waals surface area (Å²) in [7, 11) is 0. The molecule has 0 bridgehead atoms. The second-order valence-electron chi connectivity index (χ2n) is 4.02. The number of hydrogen-bond acceptors (Lipinski definition) is 4. The second kappa shape index (κ2) is 4.79. The van der Waals surface area contributed by atoms with E-state index in [1.165, 1.54) is 6.92 Å². The molecule has 0 saturated heterocycles. The van der Waals surface area contributed by atoms with Crippen LogP contribution in [0.25, 0.3) is 0 Å². The van der Waals surface area contributed by atoms with E-state index in [9.17, 15) is 9.59 Å². The molecule has 0 spiro atoms. The number of nitrogens with one attached hydrogen (secondary N) is 2. The van der Waals surface area contributed by atoms with Crippen molar-refractivity contribution in [2.24, 2.45) is 0 Å². The molecule has 0 aliphatic carbocycles. The molecule has 1 aliphatic rings. The fraction of sp³-hybridized carbons (Fsp3) is 0.333. The normalized spacial score (nSPS) is 18.2. The van der Waals surface area contributed by atoms with Crippen LogP contribution in [0.15, 0.2) is 23.1 Å². The van der Waals surface area contributed by atoms with Gasteiger partial charge in [0.2, 0.25) is 5.91 Å². The Morgan fingerprint density at radius 2 is 2.29 bits per heavy atom. The highest BCUT2D eigenvalue weighted by atomic mass is 32.2. The summed E-state index contributed by atoms with van der Waals surface area (Å²) in [6.07, 6.45) is 0. The maximum absolute atomic E-state index is 11.5. The zero-order valence-electron chi connectivity index (χ0n) is 9.74. The fourth-order valence-corrected chi connectivity index (χ4v) is 2.48. The third kappa shape index (κ3) is 2.79. The first-order chi connectivity index (χ1) is 8.06. The first-order valence-corrected chi connectivity index (χ1v) is 6.29. The highest BCUT2D eigenvalue weighted by Gasteiger charge is 2.22. The number of Topliss-reactive ketones (excluding diaryl/α,β-unsaturated/α-hetero) is 1. The molecule has 17 heavy (non-hydrogen) atoms. The van der Waals surface area contributed by atoms with E-state index < -0.39 is 0 Å². The molecule has 1 amide bonds. The number of carbonyl (C=O) groups is 2. The number of thioether (sulfide) groups is 1. The molecular weight excluding hydrogens is 236 g/mol. The zero-order chi connectivity index (χ0) is 12.4. The van der Waals surface area contributed by atoms with Gasteiger partial charge in [-0.1, -0.05) is 0 Å². The summed E-state index contributed by atoms with van der Waals surface area (Å²) in [6, 6.07) is 5.73. The number of fused-ring (bicyclic) bond motifs is 1. The first kappa shape index (κ1) is 12.0. The Bertz CT molecular complexity index is 474. The van der Waals surface area contributed by atoms with E-state index in [0.717, 1.165) is 16.3 Å². The van der Waals surface area contributed by atoms with Crippen molar-refractivity contribution in [3.05, 3.63) is 18.2 Å². The van der Waals surface area contributed by atoms with Crippen LogP contribution in [0.1, 0.15) is 13.8 Å². The monoisotopic (exact) mass is 250 g/mol. The summed E-state index contributed by atoms with van der Waals surface area (Å²) in [4.78, 5) is 23.5. The molecule has 0 radical (unpaired) electrons. The van der Waals surface area contributed by atoms with E-state index in [0.29, 0.717) is 6.54 Å². The van der Waals surface area contributed by atoms with Gasteiger partial charge in [0, 0.05) is 10.6 Å². The highest BCUT2D eigenvalue weighted by Crippen LogP contribution is 2.36. The van der Waals surface area contributed by atoms with Crippen LogP contribution in [0.3, 0.4) is 0 Å². The van der Waals surface area contributed by atoms with Crippen molar-refractivity contribution in [2.45, 2.75) is 24.0 Å². The second-order valence-corrected chi connectivity index (χ2v) is 5.40. The van der Waals surface area contributed by atoms with Gasteiger partial charge in [0.1, 0.15) is 5.78 Å². The van der Waals surface area contributed by atoms with Gasteiger partial charge in [-0.2, -0.15) is 0 Å². The smallest absolute Gasteiger partial charge is 0.237 e. The van der Waals surface area contributed by atoms with E-state index in [1.54, 1.807) is 11.8 Å². The Labute approximate surface area is 104 Å². The van der Waals surface area contributed by atoms with Crippen LogP contribution in [-0.2, 0) is 9.59 Å². The largest absolute Gasteiger partial charge is 0.378 e. The van der Waals surface area contributed by atoms with E-state index in [4.69, 9.17) is 0 Å². The van der Waals surface area contributed by atoms with Gasteiger partial charge < -0.3 is 10.6 Å². The Morgan fingerprint density at radius 3 is 3.00 bits per heavy atom. The van der Waals surface area contributed by atoms with Crippen LogP contribution in [0.4, 0.5) is 11.4 Å². The third-order valence-electron chi connectivity index (χ3n) is 2.45. The number of anilines is 2. The van der Waals surface area contributed by atoms with Crippen LogP contribution >= 0.6 is 11.8 Å². The van der Waals surface area contributed by atoms with Crippen molar-refractivity contribution < 1.29 is 9.59 Å². The molecule has 2 rings (SSSR count). The minimum atomic E-state index is -0.0569. The Hall–Kier alpha value is -1.49. The average molecular weight is 250 g/mol. The van der Waals surface area contributed by atoms with Crippen LogP contribution in [0.2, 0.25) is 0 Å². The van der Waals surface area contributed by atoms with Crippen LogP contribution in [0.5, 0.6) is 0 Å². The third-order valence-corrected chi connectivity index (χ3v) is 3.63. The Balaban J connectivity index is 2.17. The lowest BCUT2D eigenvalue weighted by Gasteiger charge is -2.22. The van der Waals surface area contributed by atoms with Gasteiger partial charge in [-0.3, -0.25) is 9.59 Å². The lowest BCUT2D eigenvalue weighted by atomic mass is 10.2. The maximum Gasteiger partial charge on any atom is 0.237 e. The SMILES string of the molecule is CC(=O)CNc1ccc2c(c1)NC(=O)C(C)S2. The van der Waals surface area contributed by atoms with E-state index in [1.807, 2.05) is 25.1 Å². The van der Waals surface area contributed by atoms with Gasteiger partial charge in [0.25, 0.3) is 0 Å². The fourth-order valence-electron chi connectivity index (χ4n) is 1.55.